The van der Waals surface area contributed by atoms with E-state index in [9.17, 15) is 9.90 Å². The first-order valence-electron chi connectivity index (χ1n) is 10.9. The Morgan fingerprint density at radius 2 is 2.03 bits per heavy atom. The van der Waals surface area contributed by atoms with Crippen LogP contribution in [0.1, 0.15) is 36.8 Å². The average Bonchev–Trinajstić information content (AvgIpc) is 3.04. The smallest absolute Gasteiger partial charge is 0.412 e. The molecular weight excluding hydrogens is 428 g/mol. The molecule has 1 fully saturated rings. The van der Waals surface area contributed by atoms with Crippen LogP contribution in [-0.4, -0.2) is 28.8 Å². The zero-order chi connectivity index (χ0) is 22.2. The number of allylic oxidation sites excluding steroid dienone is 1. The Kier molecular flexibility index (Phi) is 5.51. The lowest BCUT2D eigenvalue weighted by Gasteiger charge is -2.29. The van der Waals surface area contributed by atoms with E-state index in [4.69, 9.17) is 16.3 Å². The number of hydrogen-bond acceptors (Lipinski definition) is 4. The second kappa shape index (κ2) is 8.47. The fourth-order valence-electron chi connectivity index (χ4n) is 4.82. The Hall–Kier alpha value is -3.06. The lowest BCUT2D eigenvalue weighted by atomic mass is 9.84. The predicted octanol–water partition coefficient (Wildman–Crippen LogP) is 4.44. The van der Waals surface area contributed by atoms with E-state index in [1.54, 1.807) is 12.2 Å². The normalized spacial score (nSPS) is 22.4. The van der Waals surface area contributed by atoms with Crippen LogP contribution in [-0.2, 0) is 6.54 Å². The lowest BCUT2D eigenvalue weighted by molar-refractivity contribution is 0.141. The zero-order valence-corrected chi connectivity index (χ0v) is 18.6. The van der Waals surface area contributed by atoms with E-state index in [0.29, 0.717) is 22.6 Å². The summed E-state index contributed by atoms with van der Waals surface area (Å²) in [6, 6.07) is 8.11. The number of aromatic amines is 1. The van der Waals surface area contributed by atoms with Crippen molar-refractivity contribution in [3.8, 4) is 5.75 Å². The number of aromatic nitrogens is 1. The van der Waals surface area contributed by atoms with Gasteiger partial charge >= 0.3 is 6.09 Å². The van der Waals surface area contributed by atoms with E-state index in [0.717, 1.165) is 53.6 Å². The summed E-state index contributed by atoms with van der Waals surface area (Å²) in [7, 11) is 0. The van der Waals surface area contributed by atoms with E-state index >= 15 is 0 Å². The maximum absolute atomic E-state index is 11.9. The Labute approximate surface area is 190 Å². The number of ether oxygens (including phenoxy) is 1. The molecule has 0 atom stereocenters. The van der Waals surface area contributed by atoms with Gasteiger partial charge in [-0.25, -0.2) is 4.79 Å². The van der Waals surface area contributed by atoms with Gasteiger partial charge in [0.25, 0.3) is 0 Å². The van der Waals surface area contributed by atoms with Crippen LogP contribution in [0.2, 0.25) is 0 Å². The monoisotopic (exact) mass is 452 g/mol. The van der Waals surface area contributed by atoms with Crippen molar-refractivity contribution in [2.45, 2.75) is 45.3 Å². The second-order valence-electron chi connectivity index (χ2n) is 8.51. The number of anilines is 1. The van der Waals surface area contributed by atoms with Crippen molar-refractivity contribution in [1.82, 2.24) is 4.98 Å². The van der Waals surface area contributed by atoms with Gasteiger partial charge in [0, 0.05) is 23.1 Å². The standard InChI is InChI=1S/C24H25ClN4O3/c1-14-4-2-3-5-20(14)32-17-8-6-15(7-9-17)21-22-18(13-26-28-21)23-19(27-22)12-16(25)10-11-29(23)24(30)31/h2-5,10,12,15,17,27H,6-9,11,13H2,1H3,(H,30,31)/t15-,17-. The predicted molar refractivity (Wildman–Crippen MR) is 123 cm³/mol. The highest BCUT2D eigenvalue weighted by molar-refractivity contribution is 6.34. The summed E-state index contributed by atoms with van der Waals surface area (Å²) in [5, 5.41) is 20.7. The lowest BCUT2D eigenvalue weighted by Crippen LogP contribution is -2.33. The van der Waals surface area contributed by atoms with Crippen LogP contribution in [0.15, 0.2) is 45.6 Å². The number of aryl methyl sites for hydroxylation is 1. The number of benzene rings is 1. The van der Waals surface area contributed by atoms with E-state index in [2.05, 4.69) is 28.2 Å². The van der Waals surface area contributed by atoms with Crippen molar-refractivity contribution in [2.24, 2.45) is 16.1 Å². The largest absolute Gasteiger partial charge is 0.490 e. The molecule has 0 bridgehead atoms. The summed E-state index contributed by atoms with van der Waals surface area (Å²) >= 11 is 6.26. The quantitative estimate of drug-likeness (QED) is 0.721. The van der Waals surface area contributed by atoms with Crippen molar-refractivity contribution in [2.75, 3.05) is 11.4 Å². The summed E-state index contributed by atoms with van der Waals surface area (Å²) in [6.07, 6.45) is 6.42. The molecule has 2 aromatic rings. The van der Waals surface area contributed by atoms with Gasteiger partial charge in [0.2, 0.25) is 0 Å². The first-order chi connectivity index (χ1) is 15.5. The highest BCUT2D eigenvalue weighted by atomic mass is 35.5. The van der Waals surface area contributed by atoms with Crippen molar-refractivity contribution in [3.63, 3.8) is 0 Å². The number of nitrogens with zero attached hydrogens (tertiary/aromatic N) is 3. The number of carbonyl (C=O) groups is 1. The molecule has 0 spiro atoms. The molecule has 1 aliphatic carbocycles. The van der Waals surface area contributed by atoms with Crippen LogP contribution < -0.4 is 20.3 Å². The van der Waals surface area contributed by atoms with Crippen molar-refractivity contribution >= 4 is 35.2 Å². The summed E-state index contributed by atoms with van der Waals surface area (Å²) in [5.41, 5.74) is 3.57. The van der Waals surface area contributed by atoms with Crippen molar-refractivity contribution < 1.29 is 14.6 Å². The van der Waals surface area contributed by atoms with E-state index in [1.807, 2.05) is 18.2 Å². The fourth-order valence-corrected chi connectivity index (χ4v) is 4.99. The number of hydrogen-bond donors (Lipinski definition) is 2. The molecule has 32 heavy (non-hydrogen) atoms. The Bertz CT molecular complexity index is 1240. The molecule has 2 N–H and O–H groups in total. The third-order valence-corrected chi connectivity index (χ3v) is 6.73. The number of para-hydroxylation sites is 1. The first kappa shape index (κ1) is 20.8. The molecule has 3 heterocycles. The number of fused-ring (bicyclic) bond motifs is 3. The number of halogens is 1. The van der Waals surface area contributed by atoms with E-state index in [-0.39, 0.29) is 18.6 Å². The van der Waals surface area contributed by atoms with Crippen LogP contribution >= 0.6 is 11.6 Å². The van der Waals surface area contributed by atoms with Gasteiger partial charge in [-0.05, 0) is 56.4 Å². The minimum absolute atomic E-state index is 0.188. The summed E-state index contributed by atoms with van der Waals surface area (Å²) in [5.74, 6) is 1.20. The van der Waals surface area contributed by atoms with Crippen LogP contribution in [0.3, 0.4) is 0 Å². The number of rotatable bonds is 3. The van der Waals surface area contributed by atoms with Gasteiger partial charge in [0.1, 0.15) is 5.75 Å². The Morgan fingerprint density at radius 3 is 2.78 bits per heavy atom. The Morgan fingerprint density at radius 1 is 1.25 bits per heavy atom. The molecule has 7 nitrogen and oxygen atoms in total. The highest BCUT2D eigenvalue weighted by Gasteiger charge is 2.30. The molecule has 2 aliphatic heterocycles. The number of nitrogens with one attached hydrogen (secondary N) is 1. The van der Waals surface area contributed by atoms with Gasteiger partial charge < -0.3 is 14.8 Å². The maximum atomic E-state index is 11.9. The highest BCUT2D eigenvalue weighted by Crippen LogP contribution is 2.35. The molecule has 0 unspecified atom stereocenters. The van der Waals surface area contributed by atoms with Gasteiger partial charge in [-0.1, -0.05) is 29.8 Å². The van der Waals surface area contributed by atoms with Crippen molar-refractivity contribution in [1.29, 1.82) is 0 Å². The molecule has 0 saturated heterocycles. The van der Waals surface area contributed by atoms with Gasteiger partial charge in [-0.3, -0.25) is 4.90 Å². The zero-order valence-electron chi connectivity index (χ0n) is 17.8. The molecule has 0 radical (unpaired) electrons. The molecular formula is C24H25ClN4O3. The minimum Gasteiger partial charge on any atom is -0.490 e. The molecule has 166 valence electrons. The summed E-state index contributed by atoms with van der Waals surface area (Å²) in [6.45, 7) is 2.62. The summed E-state index contributed by atoms with van der Waals surface area (Å²) < 4.78 is 6.25. The number of azo groups is 1. The number of H-pyrrole nitrogens is 1. The molecule has 1 aromatic carbocycles. The molecule has 8 heteroatoms. The Balaban J connectivity index is 1.44. The van der Waals surface area contributed by atoms with Gasteiger partial charge in [0.15, 0.2) is 0 Å². The van der Waals surface area contributed by atoms with Gasteiger partial charge in [0.05, 0.1) is 34.7 Å². The molecule has 3 aliphatic rings. The fraction of sp³-hybridized carbons (Fsp3) is 0.375. The SMILES string of the molecule is Cc1ccccc1O[C@H]1CC[C@H](C2=c3[nH]c4c(c3CN=N2)N(C(=O)O)CC=C(Cl)C=4)CC1. The third-order valence-electron chi connectivity index (χ3n) is 6.47. The van der Waals surface area contributed by atoms with Crippen LogP contribution in [0.4, 0.5) is 10.5 Å². The van der Waals surface area contributed by atoms with Crippen LogP contribution in [0.25, 0.3) is 11.8 Å². The molecule has 1 amide bonds. The van der Waals surface area contributed by atoms with Crippen LogP contribution in [0, 0.1) is 12.8 Å². The van der Waals surface area contributed by atoms with E-state index in [1.165, 1.54) is 4.90 Å². The number of carboxylic acid groups (broad SMARTS) is 1. The second-order valence-corrected chi connectivity index (χ2v) is 8.95. The third kappa shape index (κ3) is 3.81. The first-order valence-corrected chi connectivity index (χ1v) is 11.3. The van der Waals surface area contributed by atoms with Crippen LogP contribution in [0.5, 0.6) is 5.75 Å². The maximum Gasteiger partial charge on any atom is 0.412 e. The van der Waals surface area contributed by atoms with Gasteiger partial charge in [-0.2, -0.15) is 10.2 Å². The van der Waals surface area contributed by atoms with Gasteiger partial charge in [-0.15, -0.1) is 0 Å². The number of amides is 1. The molecule has 1 saturated carbocycles. The summed E-state index contributed by atoms with van der Waals surface area (Å²) in [4.78, 5) is 16.6. The average molecular weight is 453 g/mol. The van der Waals surface area contributed by atoms with E-state index < -0.39 is 6.09 Å². The minimum atomic E-state index is -1.01. The molecule has 1 aromatic heterocycles. The topological polar surface area (TPSA) is 90.3 Å². The molecule has 5 rings (SSSR count). The van der Waals surface area contributed by atoms with Crippen molar-refractivity contribution in [3.05, 3.63) is 57.2 Å².